The topological polar surface area (TPSA) is 136 Å². The Kier molecular flexibility index (Phi) is 8.45. The average molecular weight is 519 g/mol. The van der Waals surface area contributed by atoms with Gasteiger partial charge in [0.25, 0.3) is 17.5 Å². The normalized spacial score (nSPS) is 11.8. The number of hydrogen-bond acceptors (Lipinski definition) is 7. The van der Waals surface area contributed by atoms with Gasteiger partial charge in [0.1, 0.15) is 28.3 Å². The number of hydrogen-bond donors (Lipinski definition) is 2. The van der Waals surface area contributed by atoms with E-state index in [-0.39, 0.29) is 28.1 Å². The van der Waals surface area contributed by atoms with Crippen LogP contribution >= 0.6 is 23.2 Å². The molecule has 2 amide bonds. The number of carbonyl (C=O) groups is 2. The molecule has 0 aliphatic rings. The summed E-state index contributed by atoms with van der Waals surface area (Å²) in [5, 5.41) is 17.3. The molecule has 1 unspecified atom stereocenters. The highest BCUT2D eigenvalue weighted by Gasteiger charge is 2.19. The van der Waals surface area contributed by atoms with E-state index in [0.29, 0.717) is 17.1 Å². The van der Waals surface area contributed by atoms with Gasteiger partial charge >= 0.3 is 0 Å². The minimum atomic E-state index is -0.867. The molecule has 0 saturated carbocycles. The molecule has 35 heavy (non-hydrogen) atoms. The summed E-state index contributed by atoms with van der Waals surface area (Å²) in [5.74, 6) is 0.138. The highest BCUT2D eigenvalue weighted by Crippen LogP contribution is 2.37. The van der Waals surface area contributed by atoms with Gasteiger partial charge in [-0.1, -0.05) is 41.4 Å². The number of benzene rings is 2. The molecule has 3 rings (SSSR count). The third-order valence-corrected chi connectivity index (χ3v) is 5.33. The van der Waals surface area contributed by atoms with Crippen LogP contribution in [0.2, 0.25) is 10.0 Å². The first-order chi connectivity index (χ1) is 16.7. The molecule has 0 aliphatic heterocycles. The molecule has 3 aromatic rings. The van der Waals surface area contributed by atoms with E-state index >= 15 is 0 Å². The molecule has 0 aliphatic carbocycles. The average Bonchev–Trinajstić information content (AvgIpc) is 3.28. The van der Waals surface area contributed by atoms with Gasteiger partial charge in [-0.2, -0.15) is 5.10 Å². The van der Waals surface area contributed by atoms with Crippen molar-refractivity contribution in [3.05, 3.63) is 80.0 Å². The maximum atomic E-state index is 12.2. The van der Waals surface area contributed by atoms with Crippen molar-refractivity contribution >= 4 is 46.9 Å². The molecule has 0 spiro atoms. The number of nitro groups is 1. The summed E-state index contributed by atoms with van der Waals surface area (Å²) in [6.45, 7) is 3.12. The van der Waals surface area contributed by atoms with E-state index in [1.165, 1.54) is 19.2 Å². The summed E-state index contributed by atoms with van der Waals surface area (Å²) in [6, 6.07) is 12.0. The maximum Gasteiger partial charge on any atom is 0.289 e. The lowest BCUT2D eigenvalue weighted by Crippen LogP contribution is -2.45. The van der Waals surface area contributed by atoms with Crippen LogP contribution in [0.3, 0.4) is 0 Å². The fourth-order valence-corrected chi connectivity index (χ4v) is 3.38. The zero-order valence-corrected chi connectivity index (χ0v) is 20.1. The summed E-state index contributed by atoms with van der Waals surface area (Å²) in [4.78, 5) is 34.6. The van der Waals surface area contributed by atoms with E-state index in [1.807, 2.05) is 19.1 Å². The van der Waals surface area contributed by atoms with Crippen LogP contribution in [0, 0.1) is 17.0 Å². The van der Waals surface area contributed by atoms with Gasteiger partial charge in [0.15, 0.2) is 6.61 Å². The van der Waals surface area contributed by atoms with Gasteiger partial charge in [-0.15, -0.1) is 0 Å². The molecular formula is C23H20Cl2N4O6. The lowest BCUT2D eigenvalue weighted by molar-refractivity contribution is -0.384. The van der Waals surface area contributed by atoms with Crippen molar-refractivity contribution in [1.29, 1.82) is 0 Å². The molecule has 12 heteroatoms. The van der Waals surface area contributed by atoms with E-state index in [1.54, 1.807) is 24.3 Å². The number of nitrogens with zero attached hydrogens (tertiary/aromatic N) is 2. The quantitative estimate of drug-likeness (QED) is 0.243. The number of furan rings is 1. The standard InChI is InChI=1S/C23H20Cl2N4O6/c1-13-5-3-4-6-20(13)34-12-22(30)27-14(2)23(31)28-26-11-15-7-8-21(35-15)16-9-18(25)19(29(32)33)10-17(16)24/h3-11,14H,12H2,1-2H3,(H,27,30)(H,28,31)/b26-11+. The Morgan fingerprint density at radius 3 is 2.66 bits per heavy atom. The largest absolute Gasteiger partial charge is 0.484 e. The SMILES string of the molecule is Cc1ccccc1OCC(=O)NC(C)C(=O)N/N=C/c1ccc(-c2cc(Cl)c([N+](=O)[O-])cc2Cl)o1. The molecule has 1 atom stereocenters. The molecule has 0 bridgehead atoms. The van der Waals surface area contributed by atoms with Crippen molar-refractivity contribution in [1.82, 2.24) is 10.7 Å². The number of nitrogens with one attached hydrogen (secondary N) is 2. The number of rotatable bonds is 9. The van der Waals surface area contributed by atoms with Gasteiger partial charge in [-0.3, -0.25) is 19.7 Å². The Bertz CT molecular complexity index is 1290. The zero-order chi connectivity index (χ0) is 25.5. The lowest BCUT2D eigenvalue weighted by Gasteiger charge is -2.13. The predicted octanol–water partition coefficient (Wildman–Crippen LogP) is 4.50. The van der Waals surface area contributed by atoms with Crippen LogP contribution in [0.4, 0.5) is 5.69 Å². The molecule has 1 heterocycles. The number of ether oxygens (including phenoxy) is 1. The third kappa shape index (κ3) is 6.81. The number of carbonyl (C=O) groups excluding carboxylic acids is 2. The Morgan fingerprint density at radius 1 is 1.20 bits per heavy atom. The Balaban J connectivity index is 1.53. The summed E-state index contributed by atoms with van der Waals surface area (Å²) in [7, 11) is 0. The fraction of sp³-hybridized carbons (Fsp3) is 0.174. The number of hydrazone groups is 1. The minimum absolute atomic E-state index is 0.0863. The number of halogens is 2. The Morgan fingerprint density at radius 2 is 1.94 bits per heavy atom. The fourth-order valence-electron chi connectivity index (χ4n) is 2.90. The zero-order valence-electron chi connectivity index (χ0n) is 18.6. The van der Waals surface area contributed by atoms with Crippen molar-refractivity contribution in [2.24, 2.45) is 5.10 Å². The second-order valence-electron chi connectivity index (χ2n) is 7.32. The van der Waals surface area contributed by atoms with Crippen LogP contribution in [0.25, 0.3) is 11.3 Å². The van der Waals surface area contributed by atoms with Gasteiger partial charge < -0.3 is 14.5 Å². The summed E-state index contributed by atoms with van der Waals surface area (Å²) < 4.78 is 11.1. The third-order valence-electron chi connectivity index (χ3n) is 4.72. The molecule has 182 valence electrons. The predicted molar refractivity (Wildman–Crippen MR) is 131 cm³/mol. The smallest absolute Gasteiger partial charge is 0.289 e. The van der Waals surface area contributed by atoms with Crippen LogP contribution in [0.15, 0.2) is 58.0 Å². The van der Waals surface area contributed by atoms with E-state index in [2.05, 4.69) is 15.8 Å². The highest BCUT2D eigenvalue weighted by molar-refractivity contribution is 6.36. The first kappa shape index (κ1) is 25.7. The van der Waals surface area contributed by atoms with Crippen molar-refractivity contribution in [2.75, 3.05) is 6.61 Å². The summed E-state index contributed by atoms with van der Waals surface area (Å²) >= 11 is 12.1. The van der Waals surface area contributed by atoms with E-state index in [9.17, 15) is 19.7 Å². The highest BCUT2D eigenvalue weighted by atomic mass is 35.5. The van der Waals surface area contributed by atoms with Crippen LogP contribution in [0.5, 0.6) is 5.75 Å². The maximum absolute atomic E-state index is 12.2. The number of para-hydroxylation sites is 1. The molecule has 10 nitrogen and oxygen atoms in total. The van der Waals surface area contributed by atoms with Crippen LogP contribution in [0.1, 0.15) is 18.2 Å². The molecule has 0 radical (unpaired) electrons. The Labute approximate surface area is 210 Å². The van der Waals surface area contributed by atoms with Gasteiger partial charge in [0.2, 0.25) is 0 Å². The van der Waals surface area contributed by atoms with Crippen molar-refractivity contribution in [2.45, 2.75) is 19.9 Å². The molecule has 2 N–H and O–H groups in total. The van der Waals surface area contributed by atoms with Crippen molar-refractivity contribution in [3.63, 3.8) is 0 Å². The first-order valence-electron chi connectivity index (χ1n) is 10.2. The Hall–Kier alpha value is -3.89. The monoisotopic (exact) mass is 518 g/mol. The molecular weight excluding hydrogens is 499 g/mol. The van der Waals surface area contributed by atoms with Crippen molar-refractivity contribution < 1.29 is 23.7 Å². The minimum Gasteiger partial charge on any atom is -0.484 e. The molecule has 2 aromatic carbocycles. The summed E-state index contributed by atoms with van der Waals surface area (Å²) in [5.41, 5.74) is 3.23. The lowest BCUT2D eigenvalue weighted by atomic mass is 10.1. The van der Waals surface area contributed by atoms with Crippen LogP contribution in [-0.2, 0) is 9.59 Å². The van der Waals surface area contributed by atoms with Gasteiger partial charge in [0, 0.05) is 11.6 Å². The molecule has 0 saturated heterocycles. The first-order valence-corrected chi connectivity index (χ1v) is 11.0. The number of amides is 2. The van der Waals surface area contributed by atoms with Gasteiger partial charge in [-0.05, 0) is 43.7 Å². The van der Waals surface area contributed by atoms with E-state index in [4.69, 9.17) is 32.4 Å². The van der Waals surface area contributed by atoms with Gasteiger partial charge in [-0.25, -0.2) is 5.43 Å². The second kappa shape index (κ2) is 11.5. The van der Waals surface area contributed by atoms with Crippen LogP contribution < -0.4 is 15.5 Å². The number of aryl methyl sites for hydroxylation is 1. The van der Waals surface area contributed by atoms with Crippen molar-refractivity contribution in [3.8, 4) is 17.1 Å². The van der Waals surface area contributed by atoms with E-state index in [0.717, 1.165) is 11.6 Å². The second-order valence-corrected chi connectivity index (χ2v) is 8.13. The molecule has 1 aromatic heterocycles. The number of nitro benzene ring substituents is 1. The van der Waals surface area contributed by atoms with Gasteiger partial charge in [0.05, 0.1) is 16.2 Å². The van der Waals surface area contributed by atoms with E-state index < -0.39 is 22.8 Å². The molecule has 0 fully saturated rings. The van der Waals surface area contributed by atoms with Crippen LogP contribution in [-0.4, -0.2) is 35.6 Å². The summed E-state index contributed by atoms with van der Waals surface area (Å²) in [6.07, 6.45) is 1.25.